The van der Waals surface area contributed by atoms with Gasteiger partial charge in [0.05, 0.1) is 10.6 Å². The number of carboxylic acid groups (broad SMARTS) is 1. The van der Waals surface area contributed by atoms with Crippen molar-refractivity contribution in [3.05, 3.63) is 136 Å². The quantitative estimate of drug-likeness (QED) is 0.245. The van der Waals surface area contributed by atoms with Gasteiger partial charge >= 0.3 is 5.97 Å². The maximum absolute atomic E-state index is 12.8. The van der Waals surface area contributed by atoms with E-state index in [2.05, 4.69) is 5.32 Å². The smallest absolute Gasteiger partial charge is 0.327 e. The third-order valence-corrected chi connectivity index (χ3v) is 6.50. The summed E-state index contributed by atoms with van der Waals surface area (Å²) < 4.78 is 5.94. The molecule has 0 aromatic heterocycles. The summed E-state index contributed by atoms with van der Waals surface area (Å²) in [6.45, 7) is 1.43. The summed E-state index contributed by atoms with van der Waals surface area (Å²) in [4.78, 5) is 12.8. The van der Waals surface area contributed by atoms with E-state index < -0.39 is 17.0 Å². The van der Waals surface area contributed by atoms with Gasteiger partial charge in [-0.15, -0.1) is 0 Å². The Morgan fingerprint density at radius 2 is 1.26 bits per heavy atom. The van der Waals surface area contributed by atoms with Crippen molar-refractivity contribution in [2.75, 3.05) is 6.61 Å². The summed E-state index contributed by atoms with van der Waals surface area (Å²) in [5.41, 5.74) is 0.201. The van der Waals surface area contributed by atoms with Crippen molar-refractivity contribution < 1.29 is 14.6 Å². The van der Waals surface area contributed by atoms with Gasteiger partial charge in [-0.05, 0) is 41.8 Å². The van der Waals surface area contributed by atoms with Crippen LogP contribution in [0, 0.1) is 0 Å². The molecule has 4 aromatic rings. The van der Waals surface area contributed by atoms with Crippen molar-refractivity contribution >= 4 is 29.2 Å². The lowest BCUT2D eigenvalue weighted by Gasteiger charge is -2.43. The van der Waals surface area contributed by atoms with Gasteiger partial charge in [0, 0.05) is 5.02 Å². The predicted molar refractivity (Wildman–Crippen MR) is 140 cm³/mol. The van der Waals surface area contributed by atoms with E-state index in [1.807, 2.05) is 91.0 Å². The minimum absolute atomic E-state index is 0.183. The highest BCUT2D eigenvalue weighted by molar-refractivity contribution is 6.35. The lowest BCUT2D eigenvalue weighted by Crippen LogP contribution is -2.62. The number of ether oxygens (including phenoxy) is 1. The molecule has 0 fully saturated rings. The van der Waals surface area contributed by atoms with Gasteiger partial charge in [0.15, 0.2) is 0 Å². The van der Waals surface area contributed by atoms with Crippen LogP contribution in [0.5, 0.6) is 5.75 Å². The van der Waals surface area contributed by atoms with Crippen LogP contribution in [0.3, 0.4) is 0 Å². The molecule has 2 N–H and O–H groups in total. The van der Waals surface area contributed by atoms with Crippen LogP contribution >= 0.6 is 23.2 Å². The standard InChI is InChI=1S/C29H25Cl2NO3/c1-28(27(33)34,20-35-26-18-17-24(30)19-25(26)31)32-29(21-11-5-2-6-12-21,22-13-7-3-8-14-22)23-15-9-4-10-16-23/h2-19,32H,20H2,1H3,(H,33,34)/t28-/m0/s1. The van der Waals surface area contributed by atoms with Crippen LogP contribution in [0.15, 0.2) is 109 Å². The van der Waals surface area contributed by atoms with Crippen molar-refractivity contribution in [3.63, 3.8) is 0 Å². The first-order valence-corrected chi connectivity index (χ1v) is 11.9. The van der Waals surface area contributed by atoms with Crippen molar-refractivity contribution in [3.8, 4) is 5.75 Å². The summed E-state index contributed by atoms with van der Waals surface area (Å²) in [6.07, 6.45) is 0. The van der Waals surface area contributed by atoms with E-state index in [0.717, 1.165) is 16.7 Å². The predicted octanol–water partition coefficient (Wildman–Crippen LogP) is 6.80. The Morgan fingerprint density at radius 3 is 1.66 bits per heavy atom. The second-order valence-electron chi connectivity index (χ2n) is 8.47. The van der Waals surface area contributed by atoms with E-state index in [4.69, 9.17) is 27.9 Å². The number of carboxylic acids is 1. The third-order valence-electron chi connectivity index (χ3n) is 5.97. The zero-order valence-corrected chi connectivity index (χ0v) is 20.6. The lowest BCUT2D eigenvalue weighted by atomic mass is 9.75. The topological polar surface area (TPSA) is 58.6 Å². The van der Waals surface area contributed by atoms with Crippen LogP contribution in [0.1, 0.15) is 23.6 Å². The molecule has 178 valence electrons. The van der Waals surface area contributed by atoms with Crippen LogP contribution in [-0.4, -0.2) is 23.2 Å². The molecular formula is C29H25Cl2NO3. The molecule has 6 heteroatoms. The molecule has 1 atom stereocenters. The highest BCUT2D eigenvalue weighted by Gasteiger charge is 2.46. The van der Waals surface area contributed by atoms with Gasteiger partial charge in [0.25, 0.3) is 0 Å². The molecule has 0 heterocycles. The van der Waals surface area contributed by atoms with E-state index in [0.29, 0.717) is 15.8 Å². The Morgan fingerprint density at radius 1 is 0.800 bits per heavy atom. The second-order valence-corrected chi connectivity index (χ2v) is 9.32. The third kappa shape index (κ3) is 5.20. The molecule has 4 rings (SSSR count). The van der Waals surface area contributed by atoms with Crippen molar-refractivity contribution in [2.24, 2.45) is 0 Å². The van der Waals surface area contributed by atoms with Gasteiger partial charge in [0.2, 0.25) is 0 Å². The first-order chi connectivity index (χ1) is 16.8. The Kier molecular flexibility index (Phi) is 7.46. The molecule has 0 aliphatic rings. The van der Waals surface area contributed by atoms with Crippen LogP contribution in [-0.2, 0) is 10.3 Å². The van der Waals surface area contributed by atoms with E-state index in [1.54, 1.807) is 25.1 Å². The summed E-state index contributed by atoms with van der Waals surface area (Å²) in [6, 6.07) is 34.3. The van der Waals surface area contributed by atoms with Crippen LogP contribution < -0.4 is 10.1 Å². The molecule has 4 aromatic carbocycles. The minimum Gasteiger partial charge on any atom is -0.489 e. The molecule has 0 saturated carbocycles. The van der Waals surface area contributed by atoms with Crippen LogP contribution in [0.4, 0.5) is 0 Å². The fourth-order valence-corrected chi connectivity index (χ4v) is 4.62. The Balaban J connectivity index is 1.85. The van der Waals surface area contributed by atoms with E-state index in [1.165, 1.54) is 0 Å². The number of aliphatic carboxylic acids is 1. The average Bonchev–Trinajstić information content (AvgIpc) is 2.88. The number of benzene rings is 4. The zero-order chi connectivity index (χ0) is 24.9. The fourth-order valence-electron chi connectivity index (χ4n) is 4.16. The van der Waals surface area contributed by atoms with Crippen LogP contribution in [0.2, 0.25) is 10.0 Å². The lowest BCUT2D eigenvalue weighted by molar-refractivity contribution is -0.146. The van der Waals surface area contributed by atoms with Crippen LogP contribution in [0.25, 0.3) is 0 Å². The molecule has 0 saturated heterocycles. The molecule has 0 aliphatic carbocycles. The molecule has 4 nitrogen and oxygen atoms in total. The van der Waals surface area contributed by atoms with Gasteiger partial charge in [-0.3, -0.25) is 10.1 Å². The largest absolute Gasteiger partial charge is 0.489 e. The van der Waals surface area contributed by atoms with Gasteiger partial charge in [0.1, 0.15) is 17.9 Å². The molecule has 0 spiro atoms. The maximum atomic E-state index is 12.8. The number of carbonyl (C=O) groups is 1. The van der Waals surface area contributed by atoms with E-state index >= 15 is 0 Å². The number of rotatable bonds is 9. The van der Waals surface area contributed by atoms with Crippen molar-refractivity contribution in [1.29, 1.82) is 0 Å². The van der Waals surface area contributed by atoms with Gasteiger partial charge in [-0.25, -0.2) is 0 Å². The molecular weight excluding hydrogens is 481 g/mol. The van der Waals surface area contributed by atoms with Gasteiger partial charge in [-0.1, -0.05) is 114 Å². The summed E-state index contributed by atoms with van der Waals surface area (Å²) >= 11 is 12.3. The Hall–Kier alpha value is -3.31. The maximum Gasteiger partial charge on any atom is 0.327 e. The van der Waals surface area contributed by atoms with Crippen molar-refractivity contribution in [1.82, 2.24) is 5.32 Å². The van der Waals surface area contributed by atoms with E-state index in [9.17, 15) is 9.90 Å². The number of hydrogen-bond acceptors (Lipinski definition) is 3. The molecule has 0 bridgehead atoms. The van der Waals surface area contributed by atoms with E-state index in [-0.39, 0.29) is 6.61 Å². The Bertz CT molecular complexity index is 1190. The van der Waals surface area contributed by atoms with Gasteiger partial charge < -0.3 is 9.84 Å². The molecule has 0 amide bonds. The summed E-state index contributed by atoms with van der Waals surface area (Å²) in [5, 5.41) is 14.7. The first-order valence-electron chi connectivity index (χ1n) is 11.1. The highest BCUT2D eigenvalue weighted by atomic mass is 35.5. The monoisotopic (exact) mass is 505 g/mol. The van der Waals surface area contributed by atoms with Crippen molar-refractivity contribution in [2.45, 2.75) is 18.0 Å². The molecule has 0 aliphatic heterocycles. The normalized spacial score (nSPS) is 13.1. The fraction of sp³-hybridized carbons (Fsp3) is 0.138. The van der Waals surface area contributed by atoms with Gasteiger partial charge in [-0.2, -0.15) is 0 Å². The second kappa shape index (κ2) is 10.5. The zero-order valence-electron chi connectivity index (χ0n) is 19.1. The molecule has 0 radical (unpaired) electrons. The first kappa shape index (κ1) is 24.8. The number of nitrogens with one attached hydrogen (secondary N) is 1. The number of hydrogen-bond donors (Lipinski definition) is 2. The average molecular weight is 506 g/mol. The molecule has 0 unspecified atom stereocenters. The summed E-state index contributed by atoms with van der Waals surface area (Å²) in [7, 11) is 0. The highest BCUT2D eigenvalue weighted by Crippen LogP contribution is 2.39. The minimum atomic E-state index is -1.51. The SMILES string of the molecule is C[C@@](COc1ccc(Cl)cc1Cl)(NC(c1ccccc1)(c1ccccc1)c1ccccc1)C(=O)O. The molecule has 35 heavy (non-hydrogen) atoms. The summed E-state index contributed by atoms with van der Waals surface area (Å²) in [5.74, 6) is -0.704. The number of halogens is 2. The Labute approximate surface area is 215 Å².